The average Bonchev–Trinajstić information content (AvgIpc) is 2.72. The monoisotopic (exact) mass is 309 g/mol. The summed E-state index contributed by atoms with van der Waals surface area (Å²) in [6, 6.07) is 0.765. The van der Waals surface area contributed by atoms with Gasteiger partial charge in [0, 0.05) is 19.3 Å². The summed E-state index contributed by atoms with van der Waals surface area (Å²) >= 11 is 5.80. The summed E-state index contributed by atoms with van der Waals surface area (Å²) in [6.07, 6.45) is -3.70. The number of hydrogen-bond acceptors (Lipinski definition) is 4. The number of anilines is 1. The van der Waals surface area contributed by atoms with Gasteiger partial charge in [0.1, 0.15) is 11.4 Å². The normalized spacial score (nSPS) is 23.1. The van der Waals surface area contributed by atoms with Crippen LogP contribution in [0.4, 0.5) is 19.0 Å². The van der Waals surface area contributed by atoms with Gasteiger partial charge in [0.25, 0.3) is 0 Å². The van der Waals surface area contributed by atoms with E-state index in [4.69, 9.17) is 22.4 Å². The van der Waals surface area contributed by atoms with E-state index in [2.05, 4.69) is 4.98 Å². The number of halogens is 4. The lowest BCUT2D eigenvalue weighted by atomic mass is 10.0. The molecule has 110 valence electrons. The molecule has 0 aliphatic carbocycles. The maximum atomic E-state index is 12.5. The summed E-state index contributed by atoms with van der Waals surface area (Å²) in [5, 5.41) is 8.82. The quantitative estimate of drug-likeness (QED) is 0.870. The molecule has 1 fully saturated rings. The maximum Gasteiger partial charge on any atom is 0.417 e. The Balaban J connectivity index is 2.26. The summed E-state index contributed by atoms with van der Waals surface area (Å²) in [6.45, 7) is 0.210. The second kappa shape index (κ2) is 4.78. The molecule has 1 aromatic rings. The van der Waals surface area contributed by atoms with Crippen molar-refractivity contribution < 1.29 is 23.1 Å². The van der Waals surface area contributed by atoms with Crippen LogP contribution >= 0.6 is 11.6 Å². The van der Waals surface area contributed by atoms with E-state index < -0.39 is 23.2 Å². The number of carbonyl (C=O) groups is 1. The van der Waals surface area contributed by atoms with Crippen LogP contribution < -0.4 is 10.6 Å². The van der Waals surface area contributed by atoms with Gasteiger partial charge in [-0.2, -0.15) is 13.2 Å². The number of hydrogen-bond donors (Lipinski definition) is 2. The predicted molar refractivity (Wildman–Crippen MR) is 65.6 cm³/mol. The van der Waals surface area contributed by atoms with Crippen LogP contribution in [0, 0.1) is 0 Å². The van der Waals surface area contributed by atoms with Crippen molar-refractivity contribution in [3.8, 4) is 0 Å². The lowest BCUT2D eigenvalue weighted by Gasteiger charge is -2.22. The topological polar surface area (TPSA) is 79.5 Å². The number of pyridine rings is 1. The standard InChI is InChI=1S/C11H11ClF3N3O2/c12-7-3-6(11(13,14)15)4-17-8(7)18-2-1-10(16,5-18)9(19)20/h3-4H,1-2,5,16H2,(H,19,20). The van der Waals surface area contributed by atoms with Crippen molar-refractivity contribution >= 4 is 23.4 Å². The van der Waals surface area contributed by atoms with Gasteiger partial charge in [-0.25, -0.2) is 4.98 Å². The minimum atomic E-state index is -4.53. The summed E-state index contributed by atoms with van der Waals surface area (Å²) in [5.74, 6) is -1.06. The van der Waals surface area contributed by atoms with E-state index in [1.165, 1.54) is 4.90 Å². The Morgan fingerprint density at radius 3 is 2.65 bits per heavy atom. The first-order valence-corrected chi connectivity index (χ1v) is 6.01. The molecule has 0 spiro atoms. The van der Waals surface area contributed by atoms with Crippen molar-refractivity contribution in [1.82, 2.24) is 4.98 Å². The zero-order chi connectivity index (χ0) is 15.1. The third kappa shape index (κ3) is 2.66. The van der Waals surface area contributed by atoms with Gasteiger partial charge in [-0.15, -0.1) is 0 Å². The lowest BCUT2D eigenvalue weighted by molar-refractivity contribution is -0.142. The van der Waals surface area contributed by atoms with Gasteiger partial charge in [0.05, 0.1) is 10.6 Å². The van der Waals surface area contributed by atoms with Crippen molar-refractivity contribution in [2.75, 3.05) is 18.0 Å². The van der Waals surface area contributed by atoms with Crippen LogP contribution in [-0.2, 0) is 11.0 Å². The highest BCUT2D eigenvalue weighted by Gasteiger charge is 2.42. The van der Waals surface area contributed by atoms with E-state index in [0.717, 1.165) is 6.07 Å². The Hall–Kier alpha value is -1.54. The Morgan fingerprint density at radius 1 is 1.55 bits per heavy atom. The molecule has 0 aromatic carbocycles. The van der Waals surface area contributed by atoms with Gasteiger partial charge in [-0.05, 0) is 12.5 Å². The molecule has 3 N–H and O–H groups in total. The van der Waals surface area contributed by atoms with Gasteiger partial charge in [0.15, 0.2) is 0 Å². The van der Waals surface area contributed by atoms with Gasteiger partial charge >= 0.3 is 12.1 Å². The highest BCUT2D eigenvalue weighted by atomic mass is 35.5. The number of aromatic nitrogens is 1. The van der Waals surface area contributed by atoms with Crippen molar-refractivity contribution in [3.63, 3.8) is 0 Å². The molecule has 1 aromatic heterocycles. The molecule has 0 radical (unpaired) electrons. The number of aliphatic carboxylic acids is 1. The van der Waals surface area contributed by atoms with Gasteiger partial charge in [-0.1, -0.05) is 11.6 Å². The smallest absolute Gasteiger partial charge is 0.417 e. The number of carboxylic acid groups (broad SMARTS) is 1. The van der Waals surface area contributed by atoms with Crippen molar-refractivity contribution in [2.24, 2.45) is 5.73 Å². The number of rotatable bonds is 2. The minimum absolute atomic E-state index is 0.0551. The Bertz CT molecular complexity index is 552. The van der Waals surface area contributed by atoms with E-state index in [-0.39, 0.29) is 30.4 Å². The molecule has 0 bridgehead atoms. The molecule has 1 saturated heterocycles. The Kier molecular flexibility index (Phi) is 3.55. The van der Waals surface area contributed by atoms with Gasteiger partial charge in [0.2, 0.25) is 0 Å². The Morgan fingerprint density at radius 2 is 2.20 bits per heavy atom. The number of nitrogens with zero attached hydrogens (tertiary/aromatic N) is 2. The minimum Gasteiger partial charge on any atom is -0.480 e. The summed E-state index contributed by atoms with van der Waals surface area (Å²) in [5.41, 5.74) is 3.29. The number of nitrogens with two attached hydrogens (primary N) is 1. The number of carboxylic acids is 1. The van der Waals surface area contributed by atoms with E-state index in [1.807, 2.05) is 0 Å². The van der Waals surface area contributed by atoms with E-state index >= 15 is 0 Å². The molecule has 5 nitrogen and oxygen atoms in total. The highest BCUT2D eigenvalue weighted by Crippen LogP contribution is 2.35. The van der Waals surface area contributed by atoms with Crippen LogP contribution in [0.15, 0.2) is 12.3 Å². The molecule has 2 heterocycles. The first kappa shape index (κ1) is 14.9. The first-order chi connectivity index (χ1) is 9.13. The van der Waals surface area contributed by atoms with Crippen LogP contribution in [0.1, 0.15) is 12.0 Å². The van der Waals surface area contributed by atoms with Gasteiger partial charge < -0.3 is 15.7 Å². The molecule has 9 heteroatoms. The summed E-state index contributed by atoms with van der Waals surface area (Å²) in [7, 11) is 0. The molecular formula is C11H11ClF3N3O2. The molecular weight excluding hydrogens is 299 g/mol. The summed E-state index contributed by atoms with van der Waals surface area (Å²) < 4.78 is 37.5. The maximum absolute atomic E-state index is 12.5. The predicted octanol–water partition coefficient (Wildman–Crippen LogP) is 1.75. The second-order valence-electron chi connectivity index (χ2n) is 4.66. The molecule has 1 atom stereocenters. The van der Waals surface area contributed by atoms with Crippen LogP contribution in [0.25, 0.3) is 0 Å². The molecule has 2 rings (SSSR count). The molecule has 1 unspecified atom stereocenters. The molecule has 20 heavy (non-hydrogen) atoms. The Labute approximate surface area is 117 Å². The van der Waals surface area contributed by atoms with Crippen LogP contribution in [0.5, 0.6) is 0 Å². The fraction of sp³-hybridized carbons (Fsp3) is 0.455. The van der Waals surface area contributed by atoms with Crippen LogP contribution in [-0.4, -0.2) is 34.7 Å². The van der Waals surface area contributed by atoms with E-state index in [9.17, 15) is 18.0 Å². The van der Waals surface area contributed by atoms with Crippen molar-refractivity contribution in [2.45, 2.75) is 18.1 Å². The van der Waals surface area contributed by atoms with Gasteiger partial charge in [-0.3, -0.25) is 4.79 Å². The zero-order valence-electron chi connectivity index (χ0n) is 10.1. The van der Waals surface area contributed by atoms with E-state index in [1.54, 1.807) is 0 Å². The zero-order valence-corrected chi connectivity index (χ0v) is 10.9. The SMILES string of the molecule is NC1(C(=O)O)CCN(c2ncc(C(F)(F)F)cc2Cl)C1. The molecule has 1 aliphatic rings. The molecule has 0 amide bonds. The van der Waals surface area contributed by atoms with Crippen molar-refractivity contribution in [3.05, 3.63) is 22.8 Å². The van der Waals surface area contributed by atoms with Crippen LogP contribution in [0.2, 0.25) is 5.02 Å². The third-order valence-electron chi connectivity index (χ3n) is 3.18. The fourth-order valence-corrected chi connectivity index (χ4v) is 2.29. The molecule has 0 saturated carbocycles. The van der Waals surface area contributed by atoms with Crippen LogP contribution in [0.3, 0.4) is 0 Å². The first-order valence-electron chi connectivity index (χ1n) is 5.63. The largest absolute Gasteiger partial charge is 0.480 e. The highest BCUT2D eigenvalue weighted by molar-refractivity contribution is 6.33. The lowest BCUT2D eigenvalue weighted by Crippen LogP contribution is -2.50. The third-order valence-corrected chi connectivity index (χ3v) is 3.45. The number of alkyl halides is 3. The van der Waals surface area contributed by atoms with E-state index in [0.29, 0.717) is 6.20 Å². The summed E-state index contributed by atoms with van der Waals surface area (Å²) in [4.78, 5) is 16.2. The average molecular weight is 310 g/mol. The van der Waals surface area contributed by atoms with Crippen molar-refractivity contribution in [1.29, 1.82) is 0 Å². The molecule has 1 aliphatic heterocycles. The fourth-order valence-electron chi connectivity index (χ4n) is 2.01. The second-order valence-corrected chi connectivity index (χ2v) is 5.07.